The van der Waals surface area contributed by atoms with Crippen molar-refractivity contribution in [1.82, 2.24) is 20.1 Å². The van der Waals surface area contributed by atoms with Gasteiger partial charge in [0, 0.05) is 48.7 Å². The Bertz CT molecular complexity index is 1130. The van der Waals surface area contributed by atoms with E-state index in [1.807, 2.05) is 29.2 Å². The third-order valence-corrected chi connectivity index (χ3v) is 5.39. The van der Waals surface area contributed by atoms with Crippen molar-refractivity contribution in [2.45, 2.75) is 13.0 Å². The number of pyridine rings is 1. The van der Waals surface area contributed by atoms with Gasteiger partial charge in [0.25, 0.3) is 5.91 Å². The summed E-state index contributed by atoms with van der Waals surface area (Å²) in [5.41, 5.74) is 7.17. The summed E-state index contributed by atoms with van der Waals surface area (Å²) in [4.78, 5) is 18.8. The molecule has 0 saturated heterocycles. The maximum Gasteiger partial charge on any atom is 0.255 e. The molecule has 2 aromatic carbocycles. The van der Waals surface area contributed by atoms with Gasteiger partial charge < -0.3 is 4.90 Å². The van der Waals surface area contributed by atoms with Crippen molar-refractivity contribution in [3.05, 3.63) is 95.9 Å². The van der Waals surface area contributed by atoms with Gasteiger partial charge in [-0.05, 0) is 23.3 Å². The molecule has 0 atom stereocenters. The molecule has 1 amide bonds. The highest BCUT2D eigenvalue weighted by molar-refractivity contribution is 5.94. The van der Waals surface area contributed by atoms with Crippen molar-refractivity contribution in [3.63, 3.8) is 0 Å². The van der Waals surface area contributed by atoms with Crippen LogP contribution in [0.5, 0.6) is 0 Å². The van der Waals surface area contributed by atoms with Crippen LogP contribution in [0, 0.1) is 0 Å². The molecule has 0 spiro atoms. The summed E-state index contributed by atoms with van der Waals surface area (Å²) < 4.78 is 0. The standard InChI is InChI=1S/C24H20N4O/c29-24(20-7-4-13-25-15-20)28-14-12-22-21(16-28)23(27-26-22)19-10-8-18(9-11-19)17-5-2-1-3-6-17/h1-11,13,15H,12,14,16H2,(H,26,27). The topological polar surface area (TPSA) is 61.9 Å². The largest absolute Gasteiger partial charge is 0.334 e. The zero-order chi connectivity index (χ0) is 19.6. The lowest BCUT2D eigenvalue weighted by Gasteiger charge is -2.27. The number of hydrogen-bond acceptors (Lipinski definition) is 3. The predicted octanol–water partition coefficient (Wildman–Crippen LogP) is 4.34. The van der Waals surface area contributed by atoms with Gasteiger partial charge in [0.1, 0.15) is 0 Å². The van der Waals surface area contributed by atoms with Gasteiger partial charge in [-0.15, -0.1) is 0 Å². The number of nitrogens with zero attached hydrogens (tertiary/aromatic N) is 3. The highest BCUT2D eigenvalue weighted by atomic mass is 16.2. The van der Waals surface area contributed by atoms with Crippen molar-refractivity contribution < 1.29 is 4.79 Å². The molecule has 0 saturated carbocycles. The molecule has 3 heterocycles. The Hall–Kier alpha value is -3.73. The van der Waals surface area contributed by atoms with Crippen LogP contribution in [0.2, 0.25) is 0 Å². The third-order valence-electron chi connectivity index (χ3n) is 5.39. The highest BCUT2D eigenvalue weighted by Gasteiger charge is 2.26. The van der Waals surface area contributed by atoms with Gasteiger partial charge in [-0.25, -0.2) is 0 Å². The van der Waals surface area contributed by atoms with E-state index in [2.05, 4.69) is 51.6 Å². The van der Waals surface area contributed by atoms with E-state index in [9.17, 15) is 4.79 Å². The lowest BCUT2D eigenvalue weighted by atomic mass is 9.98. The van der Waals surface area contributed by atoms with Gasteiger partial charge in [0.05, 0.1) is 11.3 Å². The van der Waals surface area contributed by atoms with E-state index >= 15 is 0 Å². The monoisotopic (exact) mass is 380 g/mol. The molecule has 29 heavy (non-hydrogen) atoms. The fourth-order valence-electron chi connectivity index (χ4n) is 3.83. The molecule has 5 heteroatoms. The van der Waals surface area contributed by atoms with E-state index in [1.165, 1.54) is 11.1 Å². The number of amides is 1. The van der Waals surface area contributed by atoms with E-state index in [-0.39, 0.29) is 5.91 Å². The number of hydrogen-bond donors (Lipinski definition) is 1. The zero-order valence-corrected chi connectivity index (χ0v) is 15.9. The summed E-state index contributed by atoms with van der Waals surface area (Å²) in [6.07, 6.45) is 4.07. The zero-order valence-electron chi connectivity index (χ0n) is 15.9. The first-order valence-electron chi connectivity index (χ1n) is 9.71. The van der Waals surface area contributed by atoms with Crippen molar-refractivity contribution in [2.24, 2.45) is 0 Å². The number of benzene rings is 2. The molecule has 1 aliphatic heterocycles. The van der Waals surface area contributed by atoms with Gasteiger partial charge in [0.2, 0.25) is 0 Å². The number of nitrogens with one attached hydrogen (secondary N) is 1. The predicted molar refractivity (Wildman–Crippen MR) is 112 cm³/mol. The molecule has 0 aliphatic carbocycles. The Morgan fingerprint density at radius 3 is 2.41 bits per heavy atom. The van der Waals surface area contributed by atoms with E-state index < -0.39 is 0 Å². The van der Waals surface area contributed by atoms with Crippen molar-refractivity contribution in [1.29, 1.82) is 0 Å². The molecule has 1 aliphatic rings. The molecule has 0 radical (unpaired) electrons. The Morgan fingerprint density at radius 1 is 0.897 bits per heavy atom. The van der Waals surface area contributed by atoms with Gasteiger partial charge in [0.15, 0.2) is 0 Å². The van der Waals surface area contributed by atoms with Crippen LogP contribution in [0.15, 0.2) is 79.1 Å². The van der Waals surface area contributed by atoms with Crippen LogP contribution in [0.1, 0.15) is 21.6 Å². The number of rotatable bonds is 3. The first-order chi connectivity index (χ1) is 14.3. The van der Waals surface area contributed by atoms with Crippen molar-refractivity contribution in [3.8, 4) is 22.4 Å². The van der Waals surface area contributed by atoms with E-state index in [0.29, 0.717) is 18.7 Å². The summed E-state index contributed by atoms with van der Waals surface area (Å²) >= 11 is 0. The molecule has 0 bridgehead atoms. The van der Waals surface area contributed by atoms with Crippen LogP contribution in [0.3, 0.4) is 0 Å². The van der Waals surface area contributed by atoms with Crippen LogP contribution in [0.25, 0.3) is 22.4 Å². The molecule has 5 nitrogen and oxygen atoms in total. The summed E-state index contributed by atoms with van der Waals surface area (Å²) in [5, 5.41) is 7.73. The van der Waals surface area contributed by atoms with E-state index in [4.69, 9.17) is 0 Å². The highest BCUT2D eigenvalue weighted by Crippen LogP contribution is 2.30. The lowest BCUT2D eigenvalue weighted by molar-refractivity contribution is 0.0734. The summed E-state index contributed by atoms with van der Waals surface area (Å²) in [5.74, 6) is 0.00956. The quantitative estimate of drug-likeness (QED) is 0.575. The molecule has 142 valence electrons. The lowest BCUT2D eigenvalue weighted by Crippen LogP contribution is -2.36. The van der Waals surface area contributed by atoms with Crippen molar-refractivity contribution in [2.75, 3.05) is 6.54 Å². The average Bonchev–Trinajstić information content (AvgIpc) is 3.23. The number of fused-ring (bicyclic) bond motifs is 1. The summed E-state index contributed by atoms with van der Waals surface area (Å²) in [6, 6.07) is 22.3. The smallest absolute Gasteiger partial charge is 0.255 e. The molecular weight excluding hydrogens is 360 g/mol. The van der Waals surface area contributed by atoms with Crippen LogP contribution in [-0.2, 0) is 13.0 Å². The molecule has 1 N–H and O–H groups in total. The summed E-state index contributed by atoms with van der Waals surface area (Å²) in [7, 11) is 0. The van der Waals surface area contributed by atoms with Crippen LogP contribution >= 0.6 is 0 Å². The normalized spacial score (nSPS) is 13.2. The van der Waals surface area contributed by atoms with Crippen molar-refractivity contribution >= 4 is 5.91 Å². The fourth-order valence-corrected chi connectivity index (χ4v) is 3.83. The van der Waals surface area contributed by atoms with E-state index in [0.717, 1.165) is 28.9 Å². The Balaban J connectivity index is 1.42. The molecular formula is C24H20N4O. The third kappa shape index (κ3) is 3.31. The Labute approximate surface area is 169 Å². The molecule has 2 aromatic heterocycles. The minimum absolute atomic E-state index is 0.00956. The maximum atomic E-state index is 12.8. The van der Waals surface area contributed by atoms with Gasteiger partial charge in [-0.2, -0.15) is 5.10 Å². The number of aromatic nitrogens is 3. The van der Waals surface area contributed by atoms with Crippen LogP contribution in [0.4, 0.5) is 0 Å². The van der Waals surface area contributed by atoms with E-state index in [1.54, 1.807) is 18.5 Å². The average molecular weight is 380 g/mol. The van der Waals surface area contributed by atoms with Crippen LogP contribution < -0.4 is 0 Å². The minimum atomic E-state index is 0.00956. The second-order valence-corrected chi connectivity index (χ2v) is 7.19. The second-order valence-electron chi connectivity index (χ2n) is 7.19. The minimum Gasteiger partial charge on any atom is -0.334 e. The van der Waals surface area contributed by atoms with Gasteiger partial charge in [-0.1, -0.05) is 54.6 Å². The van der Waals surface area contributed by atoms with Crippen LogP contribution in [-0.4, -0.2) is 32.5 Å². The van der Waals surface area contributed by atoms with Gasteiger partial charge in [-0.3, -0.25) is 14.9 Å². The number of carbonyl (C=O) groups is 1. The SMILES string of the molecule is O=C(c1cccnc1)N1CCc2[nH]nc(-c3ccc(-c4ccccc4)cc3)c2C1. The molecule has 0 unspecified atom stereocenters. The molecule has 4 aromatic rings. The fraction of sp³-hybridized carbons (Fsp3) is 0.125. The Morgan fingerprint density at radius 2 is 1.66 bits per heavy atom. The Kier molecular flexibility index (Phi) is 4.41. The molecule has 5 rings (SSSR count). The van der Waals surface area contributed by atoms with Gasteiger partial charge >= 0.3 is 0 Å². The first-order valence-corrected chi connectivity index (χ1v) is 9.71. The molecule has 0 fully saturated rings. The maximum absolute atomic E-state index is 12.8. The number of aromatic amines is 1. The first kappa shape index (κ1) is 17.4. The number of carbonyl (C=O) groups excluding carboxylic acids is 1. The summed E-state index contributed by atoms with van der Waals surface area (Å²) in [6.45, 7) is 1.23. The second kappa shape index (κ2) is 7.36. The number of H-pyrrole nitrogens is 1.